The molecule has 4 amide bonds. The number of nitrogens with zero attached hydrogens (tertiary/aromatic N) is 2. The van der Waals surface area contributed by atoms with Gasteiger partial charge in [-0.15, -0.1) is 11.3 Å². The van der Waals surface area contributed by atoms with E-state index in [1.807, 2.05) is 30.3 Å². The molecule has 2 atom stereocenters. The van der Waals surface area contributed by atoms with Gasteiger partial charge in [0.1, 0.15) is 9.71 Å². The van der Waals surface area contributed by atoms with Crippen LogP contribution in [0.15, 0.2) is 55.3 Å². The SMILES string of the molecule is C=CC(=O)NC1CCCC1NC(=O)c1sc2nccc3c2c1NC(=O)N3c1ccccc1. The van der Waals surface area contributed by atoms with E-state index in [1.54, 1.807) is 17.2 Å². The monoisotopic (exact) mass is 447 g/mol. The van der Waals surface area contributed by atoms with Crippen molar-refractivity contribution < 1.29 is 14.4 Å². The van der Waals surface area contributed by atoms with Crippen molar-refractivity contribution in [3.8, 4) is 0 Å². The number of nitrogens with one attached hydrogen (secondary N) is 3. The Bertz CT molecular complexity index is 1240. The minimum Gasteiger partial charge on any atom is -0.348 e. The van der Waals surface area contributed by atoms with Crippen LogP contribution in [0.3, 0.4) is 0 Å². The minimum atomic E-state index is -0.333. The first-order valence-corrected chi connectivity index (χ1v) is 11.2. The molecule has 1 aromatic carbocycles. The molecule has 2 unspecified atom stereocenters. The van der Waals surface area contributed by atoms with E-state index in [2.05, 4.69) is 27.5 Å². The molecule has 0 spiro atoms. The Labute approximate surface area is 188 Å². The van der Waals surface area contributed by atoms with E-state index >= 15 is 0 Å². The largest absolute Gasteiger partial charge is 0.348 e. The highest BCUT2D eigenvalue weighted by atomic mass is 32.1. The van der Waals surface area contributed by atoms with E-state index in [4.69, 9.17) is 0 Å². The number of pyridine rings is 1. The van der Waals surface area contributed by atoms with Gasteiger partial charge in [-0.05, 0) is 43.5 Å². The zero-order valence-electron chi connectivity index (χ0n) is 17.1. The lowest BCUT2D eigenvalue weighted by molar-refractivity contribution is -0.117. The Morgan fingerprint density at radius 3 is 2.66 bits per heavy atom. The Morgan fingerprint density at radius 2 is 1.91 bits per heavy atom. The van der Waals surface area contributed by atoms with E-state index in [1.165, 1.54) is 17.4 Å². The smallest absolute Gasteiger partial charge is 0.331 e. The van der Waals surface area contributed by atoms with Crippen molar-refractivity contribution in [3.63, 3.8) is 0 Å². The number of thiophene rings is 1. The van der Waals surface area contributed by atoms with Gasteiger partial charge >= 0.3 is 6.03 Å². The molecule has 3 heterocycles. The minimum absolute atomic E-state index is 0.146. The average molecular weight is 448 g/mol. The van der Waals surface area contributed by atoms with Crippen LogP contribution in [-0.4, -0.2) is 34.9 Å². The average Bonchev–Trinajstić information content (AvgIpc) is 3.39. The van der Waals surface area contributed by atoms with Crippen molar-refractivity contribution in [1.82, 2.24) is 15.6 Å². The number of hydrogen-bond donors (Lipinski definition) is 3. The second-order valence-corrected chi connectivity index (χ2v) is 8.75. The molecule has 3 aromatic rings. The summed E-state index contributed by atoms with van der Waals surface area (Å²) < 4.78 is 0. The van der Waals surface area contributed by atoms with E-state index in [9.17, 15) is 14.4 Å². The number of rotatable bonds is 5. The molecule has 0 saturated heterocycles. The molecular weight excluding hydrogens is 426 g/mol. The van der Waals surface area contributed by atoms with Crippen molar-refractivity contribution in [2.75, 3.05) is 10.2 Å². The number of benzene rings is 1. The summed E-state index contributed by atoms with van der Waals surface area (Å²) in [6.07, 6.45) is 5.34. The van der Waals surface area contributed by atoms with Crippen LogP contribution < -0.4 is 20.9 Å². The first-order chi connectivity index (χ1) is 15.6. The van der Waals surface area contributed by atoms with Gasteiger partial charge in [0.15, 0.2) is 0 Å². The van der Waals surface area contributed by atoms with Gasteiger partial charge in [-0.1, -0.05) is 24.8 Å². The van der Waals surface area contributed by atoms with E-state index in [0.29, 0.717) is 21.1 Å². The van der Waals surface area contributed by atoms with Crippen molar-refractivity contribution in [2.24, 2.45) is 0 Å². The van der Waals surface area contributed by atoms with Gasteiger partial charge in [0.25, 0.3) is 5.91 Å². The van der Waals surface area contributed by atoms with Crippen LogP contribution in [0.1, 0.15) is 28.9 Å². The lowest BCUT2D eigenvalue weighted by Gasteiger charge is -2.28. The van der Waals surface area contributed by atoms with Crippen LogP contribution in [0, 0.1) is 0 Å². The van der Waals surface area contributed by atoms with Crippen molar-refractivity contribution >= 4 is 56.5 Å². The van der Waals surface area contributed by atoms with E-state index in [0.717, 1.165) is 30.3 Å². The lowest BCUT2D eigenvalue weighted by Crippen LogP contribution is -2.48. The summed E-state index contributed by atoms with van der Waals surface area (Å²) in [5, 5.41) is 9.56. The van der Waals surface area contributed by atoms with Crippen LogP contribution in [0.2, 0.25) is 0 Å². The van der Waals surface area contributed by atoms with Crippen LogP contribution in [-0.2, 0) is 4.79 Å². The van der Waals surface area contributed by atoms with Crippen molar-refractivity contribution in [2.45, 2.75) is 31.3 Å². The Morgan fingerprint density at radius 1 is 1.16 bits per heavy atom. The molecule has 2 aliphatic rings. The summed E-state index contributed by atoms with van der Waals surface area (Å²) in [5.74, 6) is -0.539. The molecule has 1 fully saturated rings. The zero-order chi connectivity index (χ0) is 22.2. The number of hydrogen-bond acceptors (Lipinski definition) is 5. The molecule has 5 rings (SSSR count). The van der Waals surface area contributed by atoms with E-state index in [-0.39, 0.29) is 29.9 Å². The Kier molecular flexibility index (Phi) is 5.10. The van der Waals surface area contributed by atoms with Gasteiger partial charge in [-0.2, -0.15) is 0 Å². The maximum absolute atomic E-state index is 13.2. The van der Waals surface area contributed by atoms with Crippen LogP contribution in [0.4, 0.5) is 21.9 Å². The first kappa shape index (κ1) is 20.2. The fourth-order valence-corrected chi connectivity index (χ4v) is 5.38. The molecular formula is C23H21N5O3S. The molecule has 2 aromatic heterocycles. The maximum Gasteiger partial charge on any atom is 0.331 e. The normalized spacial score (nSPS) is 19.5. The fourth-order valence-electron chi connectivity index (χ4n) is 4.36. The third-order valence-electron chi connectivity index (χ3n) is 5.81. The van der Waals surface area contributed by atoms with E-state index < -0.39 is 0 Å². The first-order valence-electron chi connectivity index (χ1n) is 10.4. The highest BCUT2D eigenvalue weighted by Gasteiger charge is 2.35. The predicted molar refractivity (Wildman–Crippen MR) is 124 cm³/mol. The molecule has 1 saturated carbocycles. The number of urea groups is 1. The Balaban J connectivity index is 1.48. The molecule has 0 radical (unpaired) electrons. The zero-order valence-corrected chi connectivity index (χ0v) is 17.9. The number of carbonyl (C=O) groups excluding carboxylic acids is 3. The number of para-hydroxylation sites is 1. The number of carbonyl (C=O) groups is 3. The summed E-state index contributed by atoms with van der Waals surface area (Å²) in [6, 6.07) is 10.5. The van der Waals surface area contributed by atoms with Gasteiger partial charge in [-0.25, -0.2) is 9.78 Å². The topological polar surface area (TPSA) is 103 Å². The molecule has 1 aliphatic carbocycles. The number of anilines is 3. The highest BCUT2D eigenvalue weighted by molar-refractivity contribution is 7.21. The van der Waals surface area contributed by atoms with Gasteiger partial charge in [-0.3, -0.25) is 14.5 Å². The molecule has 9 heteroatoms. The van der Waals surface area contributed by atoms with Crippen LogP contribution in [0.25, 0.3) is 10.2 Å². The van der Waals surface area contributed by atoms with Gasteiger partial charge in [0.2, 0.25) is 5.91 Å². The van der Waals surface area contributed by atoms with Crippen molar-refractivity contribution in [3.05, 3.63) is 60.1 Å². The molecule has 0 bridgehead atoms. The molecule has 162 valence electrons. The lowest BCUT2D eigenvalue weighted by atomic mass is 10.1. The van der Waals surface area contributed by atoms with Gasteiger partial charge in [0, 0.05) is 18.3 Å². The number of aromatic nitrogens is 1. The van der Waals surface area contributed by atoms with Gasteiger partial charge < -0.3 is 16.0 Å². The Hall–Kier alpha value is -3.72. The van der Waals surface area contributed by atoms with Crippen LogP contribution >= 0.6 is 11.3 Å². The third-order valence-corrected chi connectivity index (χ3v) is 6.91. The standard InChI is InChI=1S/C23H21N5O3S/c1-2-17(29)25-14-9-6-10-15(14)26-21(30)20-19-18-16(11-12-24-22(18)32-20)28(23(31)27-19)13-7-4-3-5-8-13/h2-5,7-8,11-12,14-15H,1,6,9-10H2,(H,25,29)(H,26,30)(H,27,31). The highest BCUT2D eigenvalue weighted by Crippen LogP contribution is 2.45. The third kappa shape index (κ3) is 3.40. The summed E-state index contributed by atoms with van der Waals surface area (Å²) >= 11 is 1.24. The quantitative estimate of drug-likeness (QED) is 0.516. The predicted octanol–water partition coefficient (Wildman–Crippen LogP) is 3.93. The molecule has 1 aliphatic heterocycles. The van der Waals surface area contributed by atoms with Crippen LogP contribution in [0.5, 0.6) is 0 Å². The summed E-state index contributed by atoms with van der Waals surface area (Å²) in [5.41, 5.74) is 1.90. The number of amides is 4. The fraction of sp³-hybridized carbons (Fsp3) is 0.217. The maximum atomic E-state index is 13.2. The summed E-state index contributed by atoms with van der Waals surface area (Å²) in [6.45, 7) is 3.48. The second-order valence-electron chi connectivity index (χ2n) is 7.75. The summed E-state index contributed by atoms with van der Waals surface area (Å²) in [7, 11) is 0. The molecule has 3 N–H and O–H groups in total. The van der Waals surface area contributed by atoms with Gasteiger partial charge in [0.05, 0.1) is 22.4 Å². The van der Waals surface area contributed by atoms with Crippen molar-refractivity contribution in [1.29, 1.82) is 0 Å². The summed E-state index contributed by atoms with van der Waals surface area (Å²) in [4.78, 5) is 45.1. The second kappa shape index (κ2) is 8.08. The molecule has 8 nitrogen and oxygen atoms in total. The molecule has 32 heavy (non-hydrogen) atoms.